The van der Waals surface area contributed by atoms with E-state index in [2.05, 4.69) is 0 Å². The standard InChI is InChI=1S/C14H22ClNO3S/c1-5-16(11(2)3)20(17,18)14-7-6-13(19-4)10-12(14)8-9-15/h6-7,10-11H,5,8-9H2,1-4H3. The number of sulfonamides is 1. The van der Waals surface area contributed by atoms with Crippen LogP contribution in [0.5, 0.6) is 5.75 Å². The first-order chi connectivity index (χ1) is 9.38. The maximum Gasteiger partial charge on any atom is 0.243 e. The van der Waals surface area contributed by atoms with Gasteiger partial charge in [-0.05, 0) is 44.0 Å². The van der Waals surface area contributed by atoms with Crippen LogP contribution in [0, 0.1) is 0 Å². The Labute approximate surface area is 126 Å². The molecule has 0 bridgehead atoms. The Hall–Kier alpha value is -0.780. The second-order valence-corrected chi connectivity index (χ2v) is 6.95. The molecule has 0 aliphatic rings. The molecule has 0 fully saturated rings. The zero-order valence-corrected chi connectivity index (χ0v) is 14.0. The van der Waals surface area contributed by atoms with E-state index in [0.717, 1.165) is 0 Å². The molecule has 1 rings (SSSR count). The summed E-state index contributed by atoms with van der Waals surface area (Å²) < 4.78 is 32.1. The molecule has 0 aliphatic heterocycles. The molecule has 0 atom stereocenters. The van der Waals surface area contributed by atoms with Crippen molar-refractivity contribution >= 4 is 21.6 Å². The van der Waals surface area contributed by atoms with E-state index in [-0.39, 0.29) is 6.04 Å². The highest BCUT2D eigenvalue weighted by Crippen LogP contribution is 2.26. The van der Waals surface area contributed by atoms with E-state index in [9.17, 15) is 8.42 Å². The Morgan fingerprint density at radius 1 is 1.35 bits per heavy atom. The number of aryl methyl sites for hydroxylation is 1. The fourth-order valence-electron chi connectivity index (χ4n) is 2.17. The van der Waals surface area contributed by atoms with E-state index < -0.39 is 10.0 Å². The lowest BCUT2D eigenvalue weighted by Crippen LogP contribution is -2.37. The van der Waals surface area contributed by atoms with Gasteiger partial charge in [-0.2, -0.15) is 4.31 Å². The van der Waals surface area contributed by atoms with Gasteiger partial charge in [-0.15, -0.1) is 11.6 Å². The number of hydrogen-bond donors (Lipinski definition) is 0. The van der Waals surface area contributed by atoms with E-state index in [4.69, 9.17) is 16.3 Å². The maximum absolute atomic E-state index is 12.7. The number of benzene rings is 1. The molecule has 0 unspecified atom stereocenters. The third-order valence-corrected chi connectivity index (χ3v) is 5.55. The Balaban J connectivity index is 3.36. The highest BCUT2D eigenvalue weighted by Gasteiger charge is 2.27. The first-order valence-corrected chi connectivity index (χ1v) is 8.60. The minimum Gasteiger partial charge on any atom is -0.497 e. The van der Waals surface area contributed by atoms with Gasteiger partial charge in [0.1, 0.15) is 5.75 Å². The van der Waals surface area contributed by atoms with Crippen LogP contribution in [0.2, 0.25) is 0 Å². The third-order valence-electron chi connectivity index (χ3n) is 3.11. The lowest BCUT2D eigenvalue weighted by molar-refractivity contribution is 0.368. The van der Waals surface area contributed by atoms with Crippen LogP contribution >= 0.6 is 11.6 Å². The van der Waals surface area contributed by atoms with Crippen molar-refractivity contribution in [2.24, 2.45) is 0 Å². The lowest BCUT2D eigenvalue weighted by Gasteiger charge is -2.25. The van der Waals surface area contributed by atoms with Gasteiger partial charge in [-0.25, -0.2) is 8.42 Å². The summed E-state index contributed by atoms with van der Waals surface area (Å²) in [4.78, 5) is 0.314. The normalized spacial score (nSPS) is 12.2. The van der Waals surface area contributed by atoms with Crippen molar-refractivity contribution in [3.05, 3.63) is 23.8 Å². The van der Waals surface area contributed by atoms with Crippen molar-refractivity contribution in [1.82, 2.24) is 4.31 Å². The molecule has 114 valence electrons. The van der Waals surface area contributed by atoms with Crippen LogP contribution in [0.25, 0.3) is 0 Å². The van der Waals surface area contributed by atoms with Crippen LogP contribution in [-0.2, 0) is 16.4 Å². The molecule has 0 N–H and O–H groups in total. The Kier molecular flexibility index (Phi) is 6.30. The van der Waals surface area contributed by atoms with Crippen LogP contribution in [0.4, 0.5) is 0 Å². The molecule has 0 saturated heterocycles. The summed E-state index contributed by atoms with van der Waals surface area (Å²) in [5, 5.41) is 0. The number of hydrogen-bond acceptors (Lipinski definition) is 3. The Bertz CT molecular complexity index is 543. The Morgan fingerprint density at radius 3 is 2.45 bits per heavy atom. The molecule has 1 aromatic rings. The molecule has 0 aliphatic carbocycles. The van der Waals surface area contributed by atoms with E-state index in [1.54, 1.807) is 25.3 Å². The second kappa shape index (κ2) is 7.29. The first-order valence-electron chi connectivity index (χ1n) is 6.63. The summed E-state index contributed by atoms with van der Waals surface area (Å²) in [5.41, 5.74) is 0.693. The van der Waals surface area contributed by atoms with Crippen LogP contribution < -0.4 is 4.74 Å². The molecule has 4 nitrogen and oxygen atoms in total. The molecule has 1 aromatic carbocycles. The van der Waals surface area contributed by atoms with Crippen LogP contribution in [0.1, 0.15) is 26.3 Å². The summed E-state index contributed by atoms with van der Waals surface area (Å²) in [6.07, 6.45) is 0.489. The van der Waals surface area contributed by atoms with Gasteiger partial charge in [0.2, 0.25) is 10.0 Å². The van der Waals surface area contributed by atoms with E-state index >= 15 is 0 Å². The minimum absolute atomic E-state index is 0.0871. The lowest BCUT2D eigenvalue weighted by atomic mass is 10.1. The largest absolute Gasteiger partial charge is 0.497 e. The quantitative estimate of drug-likeness (QED) is 0.726. The van der Waals surface area contributed by atoms with Crippen LogP contribution in [0.15, 0.2) is 23.1 Å². The molecule has 6 heteroatoms. The van der Waals surface area contributed by atoms with E-state index in [0.29, 0.717) is 35.1 Å². The molecule has 0 saturated carbocycles. The fraction of sp³-hybridized carbons (Fsp3) is 0.571. The summed E-state index contributed by atoms with van der Waals surface area (Å²) in [5.74, 6) is 1.00. The number of ether oxygens (including phenoxy) is 1. The van der Waals surface area contributed by atoms with Crippen LogP contribution in [-0.4, -0.2) is 38.3 Å². The number of halogens is 1. The van der Waals surface area contributed by atoms with Crippen LogP contribution in [0.3, 0.4) is 0 Å². The number of alkyl halides is 1. The zero-order valence-electron chi connectivity index (χ0n) is 12.4. The second-order valence-electron chi connectivity index (χ2n) is 4.71. The fourth-order valence-corrected chi connectivity index (χ4v) is 4.25. The molecule has 20 heavy (non-hydrogen) atoms. The summed E-state index contributed by atoms with van der Waals surface area (Å²) in [6.45, 7) is 6.01. The SMILES string of the molecule is CCN(C(C)C)S(=O)(=O)c1ccc(OC)cc1CCCl. The van der Waals surface area contributed by atoms with E-state index in [1.807, 2.05) is 20.8 Å². The number of nitrogens with zero attached hydrogens (tertiary/aromatic N) is 1. The van der Waals surface area contributed by atoms with Gasteiger partial charge in [0.25, 0.3) is 0 Å². The molecule has 0 aromatic heterocycles. The molecule has 0 spiro atoms. The predicted molar refractivity (Wildman–Crippen MR) is 82.1 cm³/mol. The smallest absolute Gasteiger partial charge is 0.243 e. The highest BCUT2D eigenvalue weighted by atomic mass is 35.5. The first kappa shape index (κ1) is 17.3. The van der Waals surface area contributed by atoms with Crippen molar-refractivity contribution in [3.63, 3.8) is 0 Å². The average molecular weight is 320 g/mol. The minimum atomic E-state index is -3.51. The monoisotopic (exact) mass is 319 g/mol. The average Bonchev–Trinajstić information content (AvgIpc) is 2.38. The van der Waals surface area contributed by atoms with Gasteiger partial charge >= 0.3 is 0 Å². The van der Waals surface area contributed by atoms with Crippen molar-refractivity contribution in [2.45, 2.75) is 38.1 Å². The third kappa shape index (κ3) is 3.65. The molecular weight excluding hydrogens is 298 g/mol. The van der Waals surface area contributed by atoms with Crippen molar-refractivity contribution in [3.8, 4) is 5.75 Å². The van der Waals surface area contributed by atoms with Crippen molar-refractivity contribution in [2.75, 3.05) is 19.5 Å². The predicted octanol–water partition coefficient (Wildman–Crippen LogP) is 2.90. The molecular formula is C14H22ClNO3S. The molecule has 0 radical (unpaired) electrons. The van der Waals surface area contributed by atoms with Gasteiger partial charge in [-0.3, -0.25) is 0 Å². The van der Waals surface area contributed by atoms with Crippen molar-refractivity contribution < 1.29 is 13.2 Å². The Morgan fingerprint density at radius 2 is 2.00 bits per heavy atom. The van der Waals surface area contributed by atoms with Gasteiger partial charge in [0.05, 0.1) is 12.0 Å². The number of methoxy groups -OCH3 is 1. The highest BCUT2D eigenvalue weighted by molar-refractivity contribution is 7.89. The maximum atomic E-state index is 12.7. The van der Waals surface area contributed by atoms with E-state index in [1.165, 1.54) is 4.31 Å². The number of rotatable bonds is 7. The molecule has 0 amide bonds. The van der Waals surface area contributed by atoms with Gasteiger partial charge in [-0.1, -0.05) is 6.92 Å². The van der Waals surface area contributed by atoms with Gasteiger partial charge < -0.3 is 4.74 Å². The van der Waals surface area contributed by atoms with Gasteiger partial charge in [0.15, 0.2) is 0 Å². The van der Waals surface area contributed by atoms with Crippen molar-refractivity contribution in [1.29, 1.82) is 0 Å². The topological polar surface area (TPSA) is 46.6 Å². The summed E-state index contributed by atoms with van der Waals surface area (Å²) in [6, 6.07) is 4.92. The molecule has 0 heterocycles. The zero-order chi connectivity index (χ0) is 15.3. The summed E-state index contributed by atoms with van der Waals surface area (Å²) in [7, 11) is -1.95. The van der Waals surface area contributed by atoms with Gasteiger partial charge in [0, 0.05) is 18.5 Å². The summed E-state index contributed by atoms with van der Waals surface area (Å²) >= 11 is 5.78.